The van der Waals surface area contributed by atoms with Crippen LogP contribution in [0.25, 0.3) is 33.3 Å². The number of aromatic carboxylic acids is 1. The number of carboxylic acid groups (broad SMARTS) is 1. The molecule has 1 saturated heterocycles. The lowest BCUT2D eigenvalue weighted by molar-refractivity contribution is -0.155. The van der Waals surface area contributed by atoms with E-state index in [0.717, 1.165) is 12.3 Å². The molecule has 9 nitrogen and oxygen atoms in total. The Labute approximate surface area is 234 Å². The second kappa shape index (κ2) is 9.76. The first-order chi connectivity index (χ1) is 19.9. The Morgan fingerprint density at radius 2 is 1.93 bits per heavy atom. The van der Waals surface area contributed by atoms with Crippen molar-refractivity contribution in [1.82, 2.24) is 19.9 Å². The Morgan fingerprint density at radius 1 is 1.17 bits per heavy atom. The molecule has 4 heterocycles. The average Bonchev–Trinajstić information content (AvgIpc) is 3.35. The molecule has 42 heavy (non-hydrogen) atoms. The highest BCUT2D eigenvalue weighted by molar-refractivity contribution is 5.98. The summed E-state index contributed by atoms with van der Waals surface area (Å²) in [6.07, 6.45) is -0.526. The van der Waals surface area contributed by atoms with E-state index in [-0.39, 0.29) is 58.5 Å². The van der Waals surface area contributed by atoms with Crippen LogP contribution in [-0.4, -0.2) is 64.5 Å². The number of anilines is 2. The fourth-order valence-electron chi connectivity index (χ4n) is 5.81. The van der Waals surface area contributed by atoms with Gasteiger partial charge in [-0.15, -0.1) is 0 Å². The van der Waals surface area contributed by atoms with E-state index in [1.54, 1.807) is 7.05 Å². The van der Waals surface area contributed by atoms with Crippen molar-refractivity contribution in [3.8, 4) is 22.3 Å². The summed E-state index contributed by atoms with van der Waals surface area (Å²) < 4.78 is 73.2. The first kappa shape index (κ1) is 27.6. The van der Waals surface area contributed by atoms with E-state index >= 15 is 4.39 Å². The number of fused-ring (bicyclic) bond motifs is 4. The minimum atomic E-state index is -4.58. The number of alkyl halides is 3. The van der Waals surface area contributed by atoms with Crippen LogP contribution in [0.4, 0.5) is 33.3 Å². The molecule has 14 heteroatoms. The Morgan fingerprint density at radius 3 is 2.62 bits per heavy atom. The van der Waals surface area contributed by atoms with Crippen molar-refractivity contribution in [1.29, 1.82) is 0 Å². The van der Waals surface area contributed by atoms with Crippen molar-refractivity contribution in [3.63, 3.8) is 0 Å². The molecule has 0 saturated carbocycles. The molecule has 1 fully saturated rings. The Balaban J connectivity index is 1.65. The molecule has 1 aliphatic carbocycles. The number of rotatable bonds is 4. The second-order valence-corrected chi connectivity index (χ2v) is 10.2. The van der Waals surface area contributed by atoms with E-state index < -0.39 is 47.4 Å². The SMILES string of the molecule is CNc1cc(F)c(F)c2c1Cc1ncc(-c3cnc4c(c3)c(=O)c(C(=O)O)cn4C)c(N3CCN[C@H](C(F)(F)F)C3)c1-2. The summed E-state index contributed by atoms with van der Waals surface area (Å²) in [4.78, 5) is 35.0. The molecule has 0 spiro atoms. The normalized spacial score (nSPS) is 16.5. The summed E-state index contributed by atoms with van der Waals surface area (Å²) in [5, 5.41) is 14.8. The first-order valence-corrected chi connectivity index (χ1v) is 12.9. The minimum absolute atomic E-state index is 0.0371. The number of nitrogens with one attached hydrogen (secondary N) is 2. The molecular formula is C28H23F5N6O3. The van der Waals surface area contributed by atoms with Crippen LogP contribution in [0.3, 0.4) is 0 Å². The van der Waals surface area contributed by atoms with Crippen molar-refractivity contribution < 1.29 is 31.9 Å². The number of nitrogens with zero attached hydrogens (tertiary/aromatic N) is 4. The molecule has 1 aliphatic heterocycles. The molecule has 2 aliphatic rings. The Bertz CT molecular complexity index is 1860. The van der Waals surface area contributed by atoms with Crippen LogP contribution >= 0.6 is 0 Å². The molecule has 0 amide bonds. The molecule has 3 N–H and O–H groups in total. The van der Waals surface area contributed by atoms with Crippen LogP contribution in [0, 0.1) is 11.6 Å². The largest absolute Gasteiger partial charge is 0.477 e. The quantitative estimate of drug-likeness (QED) is 0.272. The molecule has 0 unspecified atom stereocenters. The molecule has 0 radical (unpaired) electrons. The smallest absolute Gasteiger partial charge is 0.405 e. The van der Waals surface area contributed by atoms with Crippen molar-refractivity contribution >= 4 is 28.4 Å². The number of pyridine rings is 3. The standard InChI is InChI=1S/C28H23F5N6O3/c1-34-18-7-17(29)23(30)21-13(18)6-19-22(21)24(39-4-3-35-20(11-39)28(31,32)33)15(9-36-19)12-5-14-25(40)16(27(41)42)10-38(2)26(14)37-8-12/h5,7-10,20,34-35H,3-4,6,11H2,1-2H3,(H,41,42)/t20-/m0/s1. The van der Waals surface area contributed by atoms with Crippen molar-refractivity contribution in [2.75, 3.05) is 36.9 Å². The number of hydrogen-bond acceptors (Lipinski definition) is 7. The minimum Gasteiger partial charge on any atom is -0.477 e. The fourth-order valence-corrected chi connectivity index (χ4v) is 5.81. The maximum atomic E-state index is 15.5. The number of carboxylic acids is 1. The zero-order chi connectivity index (χ0) is 30.1. The average molecular weight is 587 g/mol. The van der Waals surface area contributed by atoms with Crippen molar-refractivity contribution in [3.05, 3.63) is 69.4 Å². The summed E-state index contributed by atoms with van der Waals surface area (Å²) in [6, 6.07) is 0.521. The number of carbonyl (C=O) groups is 1. The van der Waals surface area contributed by atoms with Gasteiger partial charge >= 0.3 is 12.1 Å². The Kier molecular flexibility index (Phi) is 6.40. The van der Waals surface area contributed by atoms with Crippen LogP contribution in [0.2, 0.25) is 0 Å². The number of halogens is 5. The van der Waals surface area contributed by atoms with Crippen molar-refractivity contribution in [2.45, 2.75) is 18.6 Å². The molecular weight excluding hydrogens is 563 g/mol. The van der Waals surface area contributed by atoms with Gasteiger partial charge in [-0.25, -0.2) is 18.6 Å². The summed E-state index contributed by atoms with van der Waals surface area (Å²) in [5.41, 5.74) is 0.708. The fraction of sp³-hybridized carbons (Fsp3) is 0.286. The predicted octanol–water partition coefficient (Wildman–Crippen LogP) is 3.93. The van der Waals surface area contributed by atoms with Gasteiger partial charge in [-0.2, -0.15) is 13.2 Å². The van der Waals surface area contributed by atoms with Gasteiger partial charge in [0.2, 0.25) is 5.43 Å². The van der Waals surface area contributed by atoms with Gasteiger partial charge in [0.1, 0.15) is 17.3 Å². The zero-order valence-electron chi connectivity index (χ0n) is 22.2. The first-order valence-electron chi connectivity index (χ1n) is 12.9. The van der Waals surface area contributed by atoms with Gasteiger partial charge < -0.3 is 25.2 Å². The number of aryl methyl sites for hydroxylation is 1. The lowest BCUT2D eigenvalue weighted by Crippen LogP contribution is -2.57. The number of benzene rings is 1. The molecule has 218 valence electrons. The predicted molar refractivity (Wildman–Crippen MR) is 145 cm³/mol. The van der Waals surface area contributed by atoms with E-state index in [9.17, 15) is 32.3 Å². The van der Waals surface area contributed by atoms with Gasteiger partial charge in [0.25, 0.3) is 0 Å². The number of aromatic nitrogens is 3. The van der Waals surface area contributed by atoms with Crippen LogP contribution in [-0.2, 0) is 13.5 Å². The van der Waals surface area contributed by atoms with Crippen molar-refractivity contribution in [2.24, 2.45) is 7.05 Å². The lowest BCUT2D eigenvalue weighted by Gasteiger charge is -2.38. The monoisotopic (exact) mass is 586 g/mol. The molecule has 0 bridgehead atoms. The third kappa shape index (κ3) is 4.24. The lowest BCUT2D eigenvalue weighted by atomic mass is 9.96. The zero-order valence-corrected chi connectivity index (χ0v) is 22.2. The molecule has 6 rings (SSSR count). The maximum Gasteiger partial charge on any atom is 0.405 e. The molecule has 3 aromatic heterocycles. The molecule has 1 atom stereocenters. The highest BCUT2D eigenvalue weighted by Gasteiger charge is 2.43. The van der Waals surface area contributed by atoms with Crippen LogP contribution in [0.1, 0.15) is 21.6 Å². The molecule has 4 aromatic rings. The highest BCUT2D eigenvalue weighted by Crippen LogP contribution is 2.50. The van der Waals surface area contributed by atoms with Crippen LogP contribution in [0.15, 0.2) is 35.5 Å². The van der Waals surface area contributed by atoms with E-state index in [4.69, 9.17) is 0 Å². The topological polar surface area (TPSA) is 112 Å². The van der Waals surface area contributed by atoms with Crippen LogP contribution in [0.5, 0.6) is 0 Å². The van der Waals surface area contributed by atoms with Gasteiger partial charge in [0.05, 0.1) is 16.8 Å². The second-order valence-electron chi connectivity index (χ2n) is 10.2. The number of hydrogen-bond donors (Lipinski definition) is 3. The number of piperazine rings is 1. The van der Waals surface area contributed by atoms with Gasteiger partial charge in [-0.05, 0) is 11.6 Å². The molecule has 1 aromatic carbocycles. The van der Waals surface area contributed by atoms with Crippen LogP contribution < -0.4 is 21.0 Å². The highest BCUT2D eigenvalue weighted by atomic mass is 19.4. The third-order valence-corrected chi connectivity index (χ3v) is 7.76. The van der Waals surface area contributed by atoms with E-state index in [1.165, 1.54) is 35.0 Å². The van der Waals surface area contributed by atoms with Gasteiger partial charge in [0.15, 0.2) is 11.6 Å². The summed E-state index contributed by atoms with van der Waals surface area (Å²) in [5.74, 6) is -3.72. The van der Waals surface area contributed by atoms with Gasteiger partial charge in [0, 0.05) is 92.7 Å². The van der Waals surface area contributed by atoms with E-state index in [1.807, 2.05) is 0 Å². The van der Waals surface area contributed by atoms with Gasteiger partial charge in [-0.1, -0.05) is 0 Å². The van der Waals surface area contributed by atoms with E-state index in [2.05, 4.69) is 20.6 Å². The van der Waals surface area contributed by atoms with E-state index in [0.29, 0.717) is 16.9 Å². The van der Waals surface area contributed by atoms with Gasteiger partial charge in [-0.3, -0.25) is 9.78 Å². The summed E-state index contributed by atoms with van der Waals surface area (Å²) >= 11 is 0. The Hall–Kier alpha value is -4.59. The summed E-state index contributed by atoms with van der Waals surface area (Å²) in [7, 11) is 3.07. The maximum absolute atomic E-state index is 15.5. The summed E-state index contributed by atoms with van der Waals surface area (Å²) in [6.45, 7) is -0.462. The third-order valence-electron chi connectivity index (χ3n) is 7.76.